The van der Waals surface area contributed by atoms with Crippen LogP contribution in [0, 0.1) is 0 Å². The quantitative estimate of drug-likeness (QED) is 0.481. The number of nitrogens with one attached hydrogen (secondary N) is 1. The van der Waals surface area contributed by atoms with Gasteiger partial charge in [0, 0.05) is 11.3 Å². The Kier molecular flexibility index (Phi) is 4.66. The summed E-state index contributed by atoms with van der Waals surface area (Å²) in [6, 6.07) is 9.30. The zero-order valence-corrected chi connectivity index (χ0v) is 10.5. The van der Waals surface area contributed by atoms with Gasteiger partial charge < -0.3 is 15.8 Å². The van der Waals surface area contributed by atoms with Gasteiger partial charge in [0.15, 0.2) is 0 Å². The van der Waals surface area contributed by atoms with Crippen LogP contribution in [0.15, 0.2) is 41.7 Å². The summed E-state index contributed by atoms with van der Waals surface area (Å²) >= 11 is 5.17. The number of hydrogen-bond donors (Lipinski definition) is 2. The largest absolute Gasteiger partial charge is 0.464 e. The summed E-state index contributed by atoms with van der Waals surface area (Å²) in [4.78, 5) is 11.9. The van der Waals surface area contributed by atoms with Crippen LogP contribution in [0.2, 0.25) is 0 Å². The number of nitrogens with two attached hydrogens (primary N) is 1. The van der Waals surface area contributed by atoms with Gasteiger partial charge >= 0.3 is 5.97 Å². The molecule has 4 nitrogen and oxygen atoms in total. The van der Waals surface area contributed by atoms with E-state index >= 15 is 0 Å². The number of esters is 1. The number of ether oxygens (including phenoxy) is 1. The Morgan fingerprint density at radius 2 is 1.94 bits per heavy atom. The third kappa shape index (κ3) is 3.57. The molecule has 0 aliphatic heterocycles. The lowest BCUT2D eigenvalue weighted by Gasteiger charge is -2.11. The van der Waals surface area contributed by atoms with Crippen LogP contribution in [0.5, 0.6) is 0 Å². The molecule has 3 N–H and O–H groups in total. The van der Waals surface area contributed by atoms with Gasteiger partial charge in [-0.25, -0.2) is 4.79 Å². The van der Waals surface area contributed by atoms with Crippen LogP contribution in [-0.2, 0) is 9.53 Å². The molecular formula is C12H14N2O2S. The maximum absolute atomic E-state index is 11.4. The summed E-state index contributed by atoms with van der Waals surface area (Å²) < 4.78 is 4.61. The molecule has 0 radical (unpaired) electrons. The number of carbonyl (C=O) groups excluding carboxylic acids is 1. The molecule has 0 atom stereocenters. The molecule has 17 heavy (non-hydrogen) atoms. The molecule has 0 saturated heterocycles. The molecule has 0 amide bonds. The molecule has 0 aliphatic rings. The molecule has 0 fully saturated rings. The van der Waals surface area contributed by atoms with Crippen LogP contribution in [0.3, 0.4) is 0 Å². The standard InChI is InChI=1S/C12H14N2O2S/c1-8(13)10(12(15)16-2)14-11(17)9-6-4-3-5-7-9/h3-7H,13H2,1-2H3,(H,14,17)/b10-8+. The number of carbonyl (C=O) groups is 1. The molecule has 0 heterocycles. The maximum atomic E-state index is 11.4. The number of hydrogen-bond acceptors (Lipinski definition) is 4. The first-order chi connectivity index (χ1) is 8.06. The molecule has 0 bridgehead atoms. The van der Waals surface area contributed by atoms with Gasteiger partial charge in [0.1, 0.15) is 10.7 Å². The number of thiocarbonyl (C=S) groups is 1. The van der Waals surface area contributed by atoms with E-state index in [2.05, 4.69) is 10.1 Å². The van der Waals surface area contributed by atoms with Gasteiger partial charge in [0.2, 0.25) is 0 Å². The highest BCUT2D eigenvalue weighted by atomic mass is 32.1. The minimum absolute atomic E-state index is 0.168. The average molecular weight is 250 g/mol. The average Bonchev–Trinajstić information content (AvgIpc) is 2.35. The fourth-order valence-electron chi connectivity index (χ4n) is 1.19. The van der Waals surface area contributed by atoms with Crippen molar-refractivity contribution in [1.82, 2.24) is 5.32 Å². The van der Waals surface area contributed by atoms with Crippen LogP contribution >= 0.6 is 12.2 Å². The maximum Gasteiger partial charge on any atom is 0.356 e. The fraction of sp³-hybridized carbons (Fsp3) is 0.167. The Labute approximate surface area is 105 Å². The first-order valence-corrected chi connectivity index (χ1v) is 5.38. The van der Waals surface area contributed by atoms with Crippen molar-refractivity contribution in [3.8, 4) is 0 Å². The Balaban J connectivity index is 2.87. The summed E-state index contributed by atoms with van der Waals surface area (Å²) in [7, 11) is 1.29. The lowest BCUT2D eigenvalue weighted by atomic mass is 10.2. The highest BCUT2D eigenvalue weighted by Gasteiger charge is 2.14. The lowest BCUT2D eigenvalue weighted by Crippen LogP contribution is -2.30. The van der Waals surface area contributed by atoms with Crippen LogP contribution in [0.1, 0.15) is 12.5 Å². The Bertz CT molecular complexity index is 451. The predicted octanol–water partition coefficient (Wildman–Crippen LogP) is 1.31. The fourth-order valence-corrected chi connectivity index (χ4v) is 1.43. The van der Waals surface area contributed by atoms with Gasteiger partial charge in [-0.1, -0.05) is 42.5 Å². The van der Waals surface area contributed by atoms with Crippen molar-refractivity contribution >= 4 is 23.2 Å². The van der Waals surface area contributed by atoms with Crippen molar-refractivity contribution in [2.24, 2.45) is 5.73 Å². The molecule has 0 spiro atoms. The van der Waals surface area contributed by atoms with Crippen LogP contribution in [-0.4, -0.2) is 18.1 Å². The van der Waals surface area contributed by atoms with Crippen molar-refractivity contribution < 1.29 is 9.53 Å². The minimum atomic E-state index is -0.539. The summed E-state index contributed by atoms with van der Waals surface area (Å²) in [5.74, 6) is -0.539. The number of rotatable bonds is 3. The van der Waals surface area contributed by atoms with Crippen molar-refractivity contribution in [3.05, 3.63) is 47.3 Å². The molecule has 0 aromatic heterocycles. The molecule has 0 unspecified atom stereocenters. The smallest absolute Gasteiger partial charge is 0.356 e. The van der Waals surface area contributed by atoms with E-state index in [9.17, 15) is 4.79 Å². The number of benzene rings is 1. The summed E-state index contributed by atoms with van der Waals surface area (Å²) in [5, 5.41) is 2.79. The zero-order valence-electron chi connectivity index (χ0n) is 9.69. The molecule has 0 saturated carbocycles. The zero-order chi connectivity index (χ0) is 12.8. The third-order valence-electron chi connectivity index (χ3n) is 2.06. The van der Waals surface area contributed by atoms with E-state index < -0.39 is 5.97 Å². The normalized spacial score (nSPS) is 11.4. The molecule has 1 rings (SSSR count). The van der Waals surface area contributed by atoms with E-state index in [0.29, 0.717) is 10.7 Å². The van der Waals surface area contributed by atoms with E-state index in [1.807, 2.05) is 30.3 Å². The molecule has 1 aromatic rings. The van der Waals surface area contributed by atoms with Crippen LogP contribution in [0.4, 0.5) is 0 Å². The predicted molar refractivity (Wildman–Crippen MR) is 70.2 cm³/mol. The van der Waals surface area contributed by atoms with Crippen molar-refractivity contribution in [1.29, 1.82) is 0 Å². The topological polar surface area (TPSA) is 64.3 Å². The molecule has 1 aromatic carbocycles. The summed E-state index contributed by atoms with van der Waals surface area (Å²) in [6.07, 6.45) is 0. The monoisotopic (exact) mass is 250 g/mol. The molecule has 0 aliphatic carbocycles. The number of methoxy groups -OCH3 is 1. The first-order valence-electron chi connectivity index (χ1n) is 4.97. The number of allylic oxidation sites excluding steroid dienone is 1. The minimum Gasteiger partial charge on any atom is -0.464 e. The summed E-state index contributed by atoms with van der Waals surface area (Å²) in [6.45, 7) is 1.60. The second-order valence-electron chi connectivity index (χ2n) is 3.37. The highest BCUT2D eigenvalue weighted by Crippen LogP contribution is 2.04. The van der Waals surface area contributed by atoms with E-state index in [1.165, 1.54) is 7.11 Å². The van der Waals surface area contributed by atoms with Gasteiger partial charge in [-0.2, -0.15) is 0 Å². The highest BCUT2D eigenvalue weighted by molar-refractivity contribution is 7.80. The summed E-state index contributed by atoms with van der Waals surface area (Å²) in [5.41, 5.74) is 6.90. The Hall–Kier alpha value is -1.88. The van der Waals surface area contributed by atoms with Crippen LogP contribution in [0.25, 0.3) is 0 Å². The van der Waals surface area contributed by atoms with Gasteiger partial charge in [-0.15, -0.1) is 0 Å². The Morgan fingerprint density at radius 3 is 2.41 bits per heavy atom. The molecule has 5 heteroatoms. The van der Waals surface area contributed by atoms with E-state index in [1.54, 1.807) is 6.92 Å². The van der Waals surface area contributed by atoms with Gasteiger partial charge in [-0.05, 0) is 6.92 Å². The van der Waals surface area contributed by atoms with Gasteiger partial charge in [-0.3, -0.25) is 0 Å². The van der Waals surface area contributed by atoms with Crippen LogP contribution < -0.4 is 11.1 Å². The third-order valence-corrected chi connectivity index (χ3v) is 2.40. The van der Waals surface area contributed by atoms with Crippen molar-refractivity contribution in [3.63, 3.8) is 0 Å². The van der Waals surface area contributed by atoms with Gasteiger partial charge in [0.25, 0.3) is 0 Å². The van der Waals surface area contributed by atoms with Crippen molar-refractivity contribution in [2.45, 2.75) is 6.92 Å². The van der Waals surface area contributed by atoms with Crippen molar-refractivity contribution in [2.75, 3.05) is 7.11 Å². The SMILES string of the molecule is COC(=O)/C(NC(=S)c1ccccc1)=C(/C)N. The molecular weight excluding hydrogens is 236 g/mol. The van der Waals surface area contributed by atoms with Gasteiger partial charge in [0.05, 0.1) is 7.11 Å². The molecule has 90 valence electrons. The lowest BCUT2D eigenvalue weighted by molar-refractivity contribution is -0.136. The Morgan fingerprint density at radius 1 is 1.35 bits per heavy atom. The van der Waals surface area contributed by atoms with E-state index in [4.69, 9.17) is 18.0 Å². The van der Waals surface area contributed by atoms with E-state index in [-0.39, 0.29) is 5.70 Å². The second kappa shape index (κ2) is 6.00. The van der Waals surface area contributed by atoms with E-state index in [0.717, 1.165) is 5.56 Å². The first kappa shape index (κ1) is 13.2. The second-order valence-corrected chi connectivity index (χ2v) is 3.78.